The molecule has 0 aromatic carbocycles. The average molecular weight is 421 g/mol. The standard InChI is InChI=1S/C14H15NO14/c15-5(1-7(17)18)12(24)29-10(21)4-14(27,13(25)26)3-9(20)28-8(19)2-6(16)11(22)23/h5,27H,1-4,15H2,(H,17,18)(H,22,23)(H,25,26)/t5-,14?/m0/s1. The van der Waals surface area contributed by atoms with Crippen LogP contribution in [-0.4, -0.2) is 79.6 Å². The zero-order valence-corrected chi connectivity index (χ0v) is 14.4. The van der Waals surface area contributed by atoms with Crippen LogP contribution in [0.3, 0.4) is 0 Å². The van der Waals surface area contributed by atoms with Gasteiger partial charge in [0.1, 0.15) is 12.5 Å². The van der Waals surface area contributed by atoms with Crippen molar-refractivity contribution in [3.63, 3.8) is 0 Å². The van der Waals surface area contributed by atoms with Gasteiger partial charge in [-0.05, 0) is 0 Å². The van der Waals surface area contributed by atoms with Crippen molar-refractivity contribution in [1.82, 2.24) is 0 Å². The highest BCUT2D eigenvalue weighted by Crippen LogP contribution is 2.18. The minimum atomic E-state index is -3.22. The molecule has 0 bridgehead atoms. The summed E-state index contributed by atoms with van der Waals surface area (Å²) in [5, 5.41) is 35.6. The highest BCUT2D eigenvalue weighted by Gasteiger charge is 2.43. The third-order valence-electron chi connectivity index (χ3n) is 2.95. The number of Topliss-reactive ketones (excluding diaryl/α,β-unsaturated/α-hetero) is 1. The number of hydrogen-bond donors (Lipinski definition) is 5. The molecule has 1 unspecified atom stereocenters. The maximum atomic E-state index is 11.6. The summed E-state index contributed by atoms with van der Waals surface area (Å²) >= 11 is 0. The Morgan fingerprint density at radius 2 is 1.31 bits per heavy atom. The maximum Gasteiger partial charge on any atom is 0.372 e. The highest BCUT2D eigenvalue weighted by molar-refractivity contribution is 6.36. The molecule has 0 aliphatic heterocycles. The molecule has 0 aliphatic rings. The number of carbonyl (C=O) groups excluding carboxylic acids is 5. The van der Waals surface area contributed by atoms with E-state index in [0.29, 0.717) is 0 Å². The SMILES string of the molecule is N[C@@H](CC(=O)O)C(=O)OC(=O)CC(O)(CC(=O)OC(=O)CC(=O)C(=O)O)C(=O)O. The number of carboxylic acid groups (broad SMARTS) is 3. The third-order valence-corrected chi connectivity index (χ3v) is 2.95. The lowest BCUT2D eigenvalue weighted by Gasteiger charge is -2.21. The quantitative estimate of drug-likeness (QED) is 0.123. The molecule has 29 heavy (non-hydrogen) atoms. The van der Waals surface area contributed by atoms with E-state index in [2.05, 4.69) is 9.47 Å². The number of ketones is 1. The molecule has 0 aromatic heterocycles. The average Bonchev–Trinajstić information content (AvgIpc) is 2.52. The van der Waals surface area contributed by atoms with Crippen molar-refractivity contribution < 1.29 is 68.3 Å². The summed E-state index contributed by atoms with van der Waals surface area (Å²) in [6.45, 7) is 0. The van der Waals surface area contributed by atoms with Crippen molar-refractivity contribution in [3.05, 3.63) is 0 Å². The van der Waals surface area contributed by atoms with Crippen molar-refractivity contribution in [1.29, 1.82) is 0 Å². The number of hydrogen-bond acceptors (Lipinski definition) is 12. The molecule has 2 atom stereocenters. The Bertz CT molecular complexity index is 755. The van der Waals surface area contributed by atoms with E-state index in [-0.39, 0.29) is 0 Å². The Kier molecular flexibility index (Phi) is 9.22. The van der Waals surface area contributed by atoms with Crippen molar-refractivity contribution in [2.75, 3.05) is 0 Å². The molecule has 0 spiro atoms. The first kappa shape index (κ1) is 25.3. The Morgan fingerprint density at radius 3 is 1.72 bits per heavy atom. The number of aliphatic hydroxyl groups is 1. The number of esters is 4. The summed E-state index contributed by atoms with van der Waals surface area (Å²) in [5.74, 6) is -13.9. The van der Waals surface area contributed by atoms with Crippen molar-refractivity contribution >= 4 is 47.6 Å². The number of carboxylic acids is 3. The first-order valence-electron chi connectivity index (χ1n) is 7.35. The number of carbonyl (C=O) groups is 8. The van der Waals surface area contributed by atoms with E-state index in [4.69, 9.17) is 21.1 Å². The normalized spacial score (nSPS) is 13.3. The zero-order chi connectivity index (χ0) is 22.9. The van der Waals surface area contributed by atoms with Crippen molar-refractivity contribution in [2.45, 2.75) is 37.3 Å². The summed E-state index contributed by atoms with van der Waals surface area (Å²) < 4.78 is 8.05. The minimum absolute atomic E-state index is 0.918. The molecule has 0 aliphatic carbocycles. The van der Waals surface area contributed by atoms with E-state index in [1.807, 2.05) is 0 Å². The second-order valence-electron chi connectivity index (χ2n) is 5.44. The highest BCUT2D eigenvalue weighted by atomic mass is 16.6. The molecule has 0 saturated carbocycles. The van der Waals surface area contributed by atoms with Crippen molar-refractivity contribution in [3.8, 4) is 0 Å². The topological polar surface area (TPSA) is 262 Å². The van der Waals surface area contributed by atoms with Gasteiger partial charge in [0.2, 0.25) is 0 Å². The molecule has 0 radical (unpaired) electrons. The van der Waals surface area contributed by atoms with E-state index in [1.165, 1.54) is 0 Å². The third kappa shape index (κ3) is 9.16. The molecule has 15 nitrogen and oxygen atoms in total. The van der Waals surface area contributed by atoms with E-state index in [9.17, 15) is 43.5 Å². The first-order chi connectivity index (χ1) is 13.2. The monoisotopic (exact) mass is 421 g/mol. The minimum Gasteiger partial charge on any atom is -0.481 e. The van der Waals surface area contributed by atoms with Crippen LogP contribution in [0.25, 0.3) is 0 Å². The molecule has 0 aromatic rings. The number of ether oxygens (including phenoxy) is 2. The number of nitrogens with two attached hydrogens (primary N) is 1. The molecule has 0 saturated heterocycles. The van der Waals surface area contributed by atoms with Crippen LogP contribution >= 0.6 is 0 Å². The molecule has 160 valence electrons. The van der Waals surface area contributed by atoms with Gasteiger partial charge < -0.3 is 35.6 Å². The molecule has 0 amide bonds. The van der Waals surface area contributed by atoms with Gasteiger partial charge in [-0.3, -0.25) is 24.0 Å². The van der Waals surface area contributed by atoms with Gasteiger partial charge in [-0.2, -0.15) is 0 Å². The van der Waals surface area contributed by atoms with Crippen LogP contribution in [0.1, 0.15) is 25.7 Å². The summed E-state index contributed by atoms with van der Waals surface area (Å²) in [6.07, 6.45) is -5.31. The van der Waals surface area contributed by atoms with Gasteiger partial charge in [-0.1, -0.05) is 0 Å². The fourth-order valence-electron chi connectivity index (χ4n) is 1.59. The number of aliphatic carboxylic acids is 3. The van der Waals surface area contributed by atoms with Crippen LogP contribution in [-0.2, 0) is 47.8 Å². The molecule has 15 heteroatoms. The van der Waals surface area contributed by atoms with Gasteiger partial charge >= 0.3 is 41.8 Å². The second-order valence-corrected chi connectivity index (χ2v) is 5.44. The lowest BCUT2D eigenvalue weighted by molar-refractivity contribution is -0.177. The maximum absolute atomic E-state index is 11.6. The van der Waals surface area contributed by atoms with E-state index < -0.39 is 84.9 Å². The lowest BCUT2D eigenvalue weighted by atomic mass is 9.96. The Hall–Kier alpha value is -3.72. The molecule has 0 heterocycles. The smallest absolute Gasteiger partial charge is 0.372 e. The first-order valence-corrected chi connectivity index (χ1v) is 7.35. The summed E-state index contributed by atoms with van der Waals surface area (Å²) in [6, 6.07) is -1.77. The van der Waals surface area contributed by atoms with Crippen LogP contribution < -0.4 is 5.73 Å². The van der Waals surface area contributed by atoms with E-state index in [1.54, 1.807) is 0 Å². The molecule has 0 fully saturated rings. The van der Waals surface area contributed by atoms with Crippen LogP contribution in [0.15, 0.2) is 0 Å². The Labute approximate surface area is 160 Å². The zero-order valence-electron chi connectivity index (χ0n) is 14.4. The largest absolute Gasteiger partial charge is 0.481 e. The summed E-state index contributed by atoms with van der Waals surface area (Å²) in [7, 11) is 0. The molecular weight excluding hydrogens is 406 g/mol. The lowest BCUT2D eigenvalue weighted by Crippen LogP contribution is -2.45. The molecular formula is C14H15NO14. The Morgan fingerprint density at radius 1 is 0.828 bits per heavy atom. The predicted octanol–water partition coefficient (Wildman–Crippen LogP) is -3.43. The molecule has 6 N–H and O–H groups in total. The summed E-state index contributed by atoms with van der Waals surface area (Å²) in [5.41, 5.74) is 1.90. The van der Waals surface area contributed by atoms with Crippen LogP contribution in [0, 0.1) is 0 Å². The van der Waals surface area contributed by atoms with Gasteiger partial charge in [0, 0.05) is 0 Å². The van der Waals surface area contributed by atoms with Gasteiger partial charge in [0.25, 0.3) is 5.78 Å². The predicted molar refractivity (Wildman–Crippen MR) is 81.5 cm³/mol. The van der Waals surface area contributed by atoms with E-state index >= 15 is 0 Å². The van der Waals surface area contributed by atoms with E-state index in [0.717, 1.165) is 0 Å². The molecule has 0 rings (SSSR count). The fraction of sp³-hybridized carbons (Fsp3) is 0.429. The van der Waals surface area contributed by atoms with Gasteiger partial charge in [-0.15, -0.1) is 0 Å². The Balaban J connectivity index is 4.96. The second kappa shape index (κ2) is 10.6. The van der Waals surface area contributed by atoms with Gasteiger partial charge in [-0.25, -0.2) is 14.4 Å². The van der Waals surface area contributed by atoms with Crippen LogP contribution in [0.2, 0.25) is 0 Å². The van der Waals surface area contributed by atoms with Gasteiger partial charge in [0.05, 0.1) is 19.3 Å². The van der Waals surface area contributed by atoms with Crippen molar-refractivity contribution in [2.24, 2.45) is 5.73 Å². The number of rotatable bonds is 11. The fourth-order valence-corrected chi connectivity index (χ4v) is 1.59. The van der Waals surface area contributed by atoms with Crippen LogP contribution in [0.4, 0.5) is 0 Å². The summed E-state index contributed by atoms with van der Waals surface area (Å²) in [4.78, 5) is 88.3. The van der Waals surface area contributed by atoms with Gasteiger partial charge in [0.15, 0.2) is 5.60 Å². The van der Waals surface area contributed by atoms with Crippen LogP contribution in [0.5, 0.6) is 0 Å².